The predicted molar refractivity (Wildman–Crippen MR) is 83.4 cm³/mol. The maximum absolute atomic E-state index is 5.65. The van der Waals surface area contributed by atoms with Crippen LogP contribution in [0.15, 0.2) is 36.4 Å². The number of aromatic nitrogens is 1. The van der Waals surface area contributed by atoms with Crippen molar-refractivity contribution in [2.45, 2.75) is 20.4 Å². The molecule has 2 aromatic rings. The number of rotatable bonds is 4. The fourth-order valence-corrected chi connectivity index (χ4v) is 2.17. The molecule has 0 amide bonds. The summed E-state index contributed by atoms with van der Waals surface area (Å²) in [5, 5.41) is 3.35. The first kappa shape index (κ1) is 13.5. The lowest BCUT2D eigenvalue weighted by Crippen LogP contribution is -2.11. The summed E-state index contributed by atoms with van der Waals surface area (Å²) >= 11 is 5.00. The number of hydrogen-bond donors (Lipinski definition) is 2. The zero-order valence-electron chi connectivity index (χ0n) is 11.1. The van der Waals surface area contributed by atoms with Gasteiger partial charge in [-0.25, -0.2) is 0 Å². The maximum atomic E-state index is 5.65. The third-order valence-corrected chi connectivity index (χ3v) is 3.13. The first-order valence-corrected chi connectivity index (χ1v) is 6.54. The van der Waals surface area contributed by atoms with Gasteiger partial charge < -0.3 is 11.1 Å². The van der Waals surface area contributed by atoms with E-state index >= 15 is 0 Å². The van der Waals surface area contributed by atoms with E-state index in [-0.39, 0.29) is 0 Å². The smallest absolute Gasteiger partial charge is 0.104 e. The topological polar surface area (TPSA) is 50.9 Å². The molecule has 1 heterocycles. The minimum absolute atomic E-state index is 0.435. The van der Waals surface area contributed by atoms with Crippen LogP contribution in [0.25, 0.3) is 0 Å². The van der Waals surface area contributed by atoms with Gasteiger partial charge in [-0.1, -0.05) is 18.3 Å². The van der Waals surface area contributed by atoms with Crippen molar-refractivity contribution in [1.82, 2.24) is 4.98 Å². The number of aryl methyl sites for hydroxylation is 2. The highest BCUT2D eigenvalue weighted by molar-refractivity contribution is 7.80. The zero-order chi connectivity index (χ0) is 13.8. The van der Waals surface area contributed by atoms with Gasteiger partial charge in [-0.3, -0.25) is 4.98 Å². The zero-order valence-corrected chi connectivity index (χ0v) is 11.9. The summed E-state index contributed by atoms with van der Waals surface area (Å²) in [6.45, 7) is 4.70. The summed E-state index contributed by atoms with van der Waals surface area (Å²) in [4.78, 5) is 4.89. The summed E-state index contributed by atoms with van der Waals surface area (Å²) in [5.41, 5.74) is 10.7. The molecule has 3 nitrogen and oxygen atoms in total. The third-order valence-electron chi connectivity index (χ3n) is 2.91. The molecule has 19 heavy (non-hydrogen) atoms. The molecule has 0 fully saturated rings. The van der Waals surface area contributed by atoms with Crippen molar-refractivity contribution in [3.05, 3.63) is 58.9 Å². The number of pyridine rings is 1. The van der Waals surface area contributed by atoms with E-state index in [1.54, 1.807) is 0 Å². The van der Waals surface area contributed by atoms with Crippen molar-refractivity contribution in [2.75, 3.05) is 5.32 Å². The molecule has 98 valence electrons. The van der Waals surface area contributed by atoms with Crippen molar-refractivity contribution in [2.24, 2.45) is 5.73 Å². The monoisotopic (exact) mass is 271 g/mol. The molecular weight excluding hydrogens is 254 g/mol. The maximum Gasteiger partial charge on any atom is 0.104 e. The SMILES string of the molecule is Cc1cccc(CNc2ccc(C(N)=S)c(C)c2)n1. The summed E-state index contributed by atoms with van der Waals surface area (Å²) in [7, 11) is 0. The quantitative estimate of drug-likeness (QED) is 0.839. The number of nitrogens with one attached hydrogen (secondary N) is 1. The molecule has 0 radical (unpaired) electrons. The lowest BCUT2D eigenvalue weighted by molar-refractivity contribution is 1.01. The Morgan fingerprint density at radius 1 is 1.26 bits per heavy atom. The minimum atomic E-state index is 0.435. The van der Waals surface area contributed by atoms with E-state index in [2.05, 4.69) is 10.3 Å². The number of hydrogen-bond acceptors (Lipinski definition) is 3. The lowest BCUT2D eigenvalue weighted by Gasteiger charge is -2.10. The summed E-state index contributed by atoms with van der Waals surface area (Å²) in [6.07, 6.45) is 0. The van der Waals surface area contributed by atoms with E-state index in [1.165, 1.54) is 0 Å². The molecule has 0 unspecified atom stereocenters. The van der Waals surface area contributed by atoms with Crippen LogP contribution in [0.1, 0.15) is 22.5 Å². The van der Waals surface area contributed by atoms with Gasteiger partial charge in [0.25, 0.3) is 0 Å². The Labute approximate surface area is 118 Å². The van der Waals surface area contributed by atoms with Crippen LogP contribution < -0.4 is 11.1 Å². The van der Waals surface area contributed by atoms with Crippen molar-refractivity contribution >= 4 is 22.9 Å². The molecule has 0 saturated carbocycles. The molecule has 1 aromatic carbocycles. The Kier molecular flexibility index (Phi) is 4.12. The highest BCUT2D eigenvalue weighted by Gasteiger charge is 2.02. The lowest BCUT2D eigenvalue weighted by atomic mass is 10.1. The Balaban J connectivity index is 2.08. The van der Waals surface area contributed by atoms with Crippen LogP contribution in [0.4, 0.5) is 5.69 Å². The number of nitrogens with zero attached hydrogens (tertiary/aromatic N) is 1. The molecule has 0 spiro atoms. The second kappa shape index (κ2) is 5.80. The number of nitrogens with two attached hydrogens (primary N) is 1. The van der Waals surface area contributed by atoms with Gasteiger partial charge in [0, 0.05) is 16.9 Å². The first-order valence-electron chi connectivity index (χ1n) is 6.13. The van der Waals surface area contributed by atoms with E-state index in [9.17, 15) is 0 Å². The standard InChI is InChI=1S/C15H17N3S/c1-10-8-12(6-7-14(10)15(16)19)17-9-13-5-3-4-11(2)18-13/h3-8,17H,9H2,1-2H3,(H2,16,19). The molecule has 1 aromatic heterocycles. The van der Waals surface area contributed by atoms with E-state index in [0.29, 0.717) is 11.5 Å². The van der Waals surface area contributed by atoms with Gasteiger partial charge in [0.1, 0.15) is 4.99 Å². The molecule has 0 bridgehead atoms. The van der Waals surface area contributed by atoms with Crippen LogP contribution in [0, 0.1) is 13.8 Å². The fourth-order valence-electron chi connectivity index (χ4n) is 1.94. The largest absolute Gasteiger partial charge is 0.389 e. The van der Waals surface area contributed by atoms with Crippen molar-refractivity contribution in [1.29, 1.82) is 0 Å². The average Bonchev–Trinajstić information content (AvgIpc) is 2.36. The predicted octanol–water partition coefficient (Wildman–Crippen LogP) is 2.94. The van der Waals surface area contributed by atoms with Gasteiger partial charge in [0.15, 0.2) is 0 Å². The Bertz CT molecular complexity index is 608. The van der Waals surface area contributed by atoms with Gasteiger partial charge in [-0.2, -0.15) is 0 Å². The normalized spacial score (nSPS) is 10.2. The fraction of sp³-hybridized carbons (Fsp3) is 0.200. The van der Waals surface area contributed by atoms with Crippen molar-refractivity contribution in [3.63, 3.8) is 0 Å². The van der Waals surface area contributed by atoms with Crippen LogP contribution in [0.2, 0.25) is 0 Å². The van der Waals surface area contributed by atoms with Gasteiger partial charge in [0.2, 0.25) is 0 Å². The van der Waals surface area contributed by atoms with Crippen molar-refractivity contribution in [3.8, 4) is 0 Å². The van der Waals surface area contributed by atoms with Crippen LogP contribution in [-0.2, 0) is 6.54 Å². The molecular formula is C15H17N3S. The first-order chi connectivity index (χ1) is 9.06. The van der Waals surface area contributed by atoms with E-state index in [0.717, 1.165) is 28.2 Å². The van der Waals surface area contributed by atoms with E-state index < -0.39 is 0 Å². The molecule has 0 aliphatic rings. The minimum Gasteiger partial charge on any atom is -0.389 e. The molecule has 4 heteroatoms. The Hall–Kier alpha value is -1.94. The van der Waals surface area contributed by atoms with Crippen LogP contribution in [-0.4, -0.2) is 9.97 Å². The highest BCUT2D eigenvalue weighted by atomic mass is 32.1. The van der Waals surface area contributed by atoms with Crippen LogP contribution in [0.3, 0.4) is 0 Å². The Morgan fingerprint density at radius 3 is 2.68 bits per heavy atom. The molecule has 3 N–H and O–H groups in total. The Morgan fingerprint density at radius 2 is 2.05 bits per heavy atom. The summed E-state index contributed by atoms with van der Waals surface area (Å²) < 4.78 is 0. The van der Waals surface area contributed by atoms with Gasteiger partial charge in [-0.05, 0) is 49.7 Å². The second-order valence-electron chi connectivity index (χ2n) is 4.52. The van der Waals surface area contributed by atoms with E-state index in [1.807, 2.05) is 50.2 Å². The number of benzene rings is 1. The number of anilines is 1. The van der Waals surface area contributed by atoms with Gasteiger partial charge in [0.05, 0.1) is 12.2 Å². The van der Waals surface area contributed by atoms with E-state index in [4.69, 9.17) is 18.0 Å². The van der Waals surface area contributed by atoms with Crippen LogP contribution >= 0.6 is 12.2 Å². The molecule has 0 atom stereocenters. The molecule has 2 rings (SSSR count). The second-order valence-corrected chi connectivity index (χ2v) is 4.96. The summed E-state index contributed by atoms with van der Waals surface area (Å²) in [5.74, 6) is 0. The molecule has 0 saturated heterocycles. The third kappa shape index (κ3) is 3.51. The molecule has 0 aliphatic carbocycles. The van der Waals surface area contributed by atoms with Crippen LogP contribution in [0.5, 0.6) is 0 Å². The van der Waals surface area contributed by atoms with Gasteiger partial charge >= 0.3 is 0 Å². The highest BCUT2D eigenvalue weighted by Crippen LogP contribution is 2.15. The molecule has 0 aliphatic heterocycles. The average molecular weight is 271 g/mol. The van der Waals surface area contributed by atoms with Gasteiger partial charge in [-0.15, -0.1) is 0 Å². The number of thiocarbonyl (C=S) groups is 1. The summed E-state index contributed by atoms with van der Waals surface area (Å²) in [6, 6.07) is 12.0. The van der Waals surface area contributed by atoms with Crippen molar-refractivity contribution < 1.29 is 0 Å².